The highest BCUT2D eigenvalue weighted by atomic mass is 35.5. The van der Waals surface area contributed by atoms with Gasteiger partial charge in [-0.3, -0.25) is 0 Å². The van der Waals surface area contributed by atoms with Crippen molar-refractivity contribution in [2.75, 3.05) is 0 Å². The molecule has 0 saturated carbocycles. The fraction of sp³-hybridized carbons (Fsp3) is 0.250. The Morgan fingerprint density at radius 2 is 1.89 bits per heavy atom. The largest absolute Gasteiger partial charge is 0.503 e. The highest BCUT2D eigenvalue weighted by Gasteiger charge is 2.18. The summed E-state index contributed by atoms with van der Waals surface area (Å²) in [7, 11) is 0. The van der Waals surface area contributed by atoms with Crippen LogP contribution in [0.15, 0.2) is 42.0 Å². The molecule has 2 aromatic rings. The Morgan fingerprint density at radius 1 is 1.15 bits per heavy atom. The van der Waals surface area contributed by atoms with Crippen molar-refractivity contribution in [1.29, 1.82) is 0 Å². The van der Waals surface area contributed by atoms with Gasteiger partial charge < -0.3 is 9.84 Å². The number of ether oxygens (including phenoxy) is 1. The lowest BCUT2D eigenvalue weighted by Crippen LogP contribution is -2.31. The number of benzene rings is 2. The van der Waals surface area contributed by atoms with Gasteiger partial charge in [-0.05, 0) is 66.8 Å². The second kappa shape index (κ2) is 6.94. The zero-order valence-corrected chi connectivity index (χ0v) is 16.6. The molecule has 0 fully saturated rings. The van der Waals surface area contributed by atoms with E-state index in [1.54, 1.807) is 0 Å². The highest BCUT2D eigenvalue weighted by molar-refractivity contribution is 6.32. The lowest BCUT2D eigenvalue weighted by atomic mass is 9.86. The van der Waals surface area contributed by atoms with Gasteiger partial charge in [0.2, 0.25) is 0 Å². The van der Waals surface area contributed by atoms with Crippen LogP contribution in [0, 0.1) is 26.7 Å². The third-order valence-electron chi connectivity index (χ3n) is 5.42. The molecule has 1 N–H and O–H groups in total. The number of rotatable bonds is 3. The average molecular weight is 379 g/mol. The third-order valence-corrected chi connectivity index (χ3v) is 5.81. The summed E-state index contributed by atoms with van der Waals surface area (Å²) in [4.78, 5) is 0. The summed E-state index contributed by atoms with van der Waals surface area (Å²) < 4.78 is 6.01. The molecule has 0 saturated heterocycles. The molecule has 0 spiro atoms. The molecule has 1 unspecified atom stereocenters. The first-order chi connectivity index (χ1) is 12.9. The first kappa shape index (κ1) is 17.9. The van der Waals surface area contributed by atoms with Crippen molar-refractivity contribution in [3.8, 4) is 11.5 Å². The van der Waals surface area contributed by atoms with Crippen molar-refractivity contribution >= 4 is 23.8 Å². The van der Waals surface area contributed by atoms with Crippen molar-refractivity contribution in [1.82, 2.24) is 0 Å². The van der Waals surface area contributed by atoms with E-state index in [2.05, 4.69) is 63.3 Å². The van der Waals surface area contributed by atoms with Crippen molar-refractivity contribution < 1.29 is 9.84 Å². The summed E-state index contributed by atoms with van der Waals surface area (Å²) in [5, 5.41) is 12.8. The standard InChI is InChI=1S/C24H23ClO2/c1-14-8-15(2)21(16(3)9-14)13-27-22-12-19-10-17-6-4-5-7-18(17)11-20(19)23(25)24(22)26/h4-5,7-12,17,26H,6,13H2,1-3H3. The quantitative estimate of drug-likeness (QED) is 0.843. The molecule has 0 bridgehead atoms. The Labute approximate surface area is 164 Å². The molecule has 2 nitrogen and oxygen atoms in total. The van der Waals surface area contributed by atoms with Crippen LogP contribution in [0.1, 0.15) is 28.7 Å². The number of allylic oxidation sites excluding steroid dienone is 4. The smallest absolute Gasteiger partial charge is 0.177 e. The monoisotopic (exact) mass is 378 g/mol. The van der Waals surface area contributed by atoms with Gasteiger partial charge in [0, 0.05) is 11.1 Å². The fourth-order valence-corrected chi connectivity index (χ4v) is 4.26. The zero-order valence-electron chi connectivity index (χ0n) is 15.8. The van der Waals surface area contributed by atoms with Crippen LogP contribution in [-0.2, 0) is 6.61 Å². The third kappa shape index (κ3) is 3.30. The number of aryl methyl sites for hydroxylation is 3. The summed E-state index contributed by atoms with van der Waals surface area (Å²) in [5.74, 6) is 0.798. The second-order valence-corrected chi connectivity index (χ2v) is 7.83. The van der Waals surface area contributed by atoms with Crippen LogP contribution in [0.4, 0.5) is 0 Å². The number of hydrogen-bond acceptors (Lipinski definition) is 2. The number of halogens is 1. The van der Waals surface area contributed by atoms with Crippen LogP contribution in [0.3, 0.4) is 0 Å². The van der Waals surface area contributed by atoms with E-state index >= 15 is 0 Å². The Bertz CT molecular complexity index is 1080. The van der Waals surface area contributed by atoms with Gasteiger partial charge in [0.05, 0.1) is 5.02 Å². The summed E-state index contributed by atoms with van der Waals surface area (Å²) in [6.07, 6.45) is 11.6. The maximum Gasteiger partial charge on any atom is 0.177 e. The van der Waals surface area contributed by atoms with Gasteiger partial charge in [0.15, 0.2) is 11.5 Å². The minimum atomic E-state index is 0.00730. The Hall–Kier alpha value is -2.45. The molecule has 0 aromatic heterocycles. The zero-order chi connectivity index (χ0) is 19.1. The molecule has 27 heavy (non-hydrogen) atoms. The van der Waals surface area contributed by atoms with Gasteiger partial charge in [0.1, 0.15) is 6.61 Å². The predicted octanol–water partition coefficient (Wildman–Crippen LogP) is 4.63. The molecule has 0 radical (unpaired) electrons. The summed E-state index contributed by atoms with van der Waals surface area (Å²) in [6, 6.07) is 6.21. The summed E-state index contributed by atoms with van der Waals surface area (Å²) >= 11 is 6.49. The van der Waals surface area contributed by atoms with Crippen LogP contribution in [-0.4, -0.2) is 5.11 Å². The van der Waals surface area contributed by atoms with Gasteiger partial charge in [0.25, 0.3) is 0 Å². The Balaban J connectivity index is 1.72. The van der Waals surface area contributed by atoms with E-state index < -0.39 is 0 Å². The Morgan fingerprint density at radius 3 is 2.63 bits per heavy atom. The number of phenols is 1. The van der Waals surface area contributed by atoms with Crippen LogP contribution in [0.2, 0.25) is 5.02 Å². The number of phenolic OH excluding ortho intramolecular Hbond substituents is 1. The van der Waals surface area contributed by atoms with Gasteiger partial charge in [-0.25, -0.2) is 0 Å². The molecule has 2 aliphatic rings. The maximum absolute atomic E-state index is 10.6. The minimum absolute atomic E-state index is 0.00730. The molecule has 2 aliphatic carbocycles. The van der Waals surface area contributed by atoms with E-state index in [4.69, 9.17) is 16.3 Å². The van der Waals surface area contributed by atoms with Crippen LogP contribution in [0.25, 0.3) is 12.2 Å². The summed E-state index contributed by atoms with van der Waals surface area (Å²) in [5.41, 5.74) is 6.00. The van der Waals surface area contributed by atoms with Gasteiger partial charge in [-0.15, -0.1) is 0 Å². The highest BCUT2D eigenvalue weighted by Crippen LogP contribution is 2.33. The molecule has 2 aromatic carbocycles. The van der Waals surface area contributed by atoms with Crippen LogP contribution >= 0.6 is 11.6 Å². The molecule has 0 amide bonds. The normalized spacial score (nSPS) is 17.3. The van der Waals surface area contributed by atoms with Crippen molar-refractivity contribution in [3.05, 3.63) is 79.7 Å². The number of fused-ring (bicyclic) bond motifs is 2. The molecular weight excluding hydrogens is 356 g/mol. The molecule has 1 atom stereocenters. The number of aromatic hydroxyl groups is 1. The fourth-order valence-electron chi connectivity index (χ4n) is 4.00. The lowest BCUT2D eigenvalue weighted by molar-refractivity contribution is 0.287. The van der Waals surface area contributed by atoms with Gasteiger partial charge >= 0.3 is 0 Å². The van der Waals surface area contributed by atoms with Gasteiger partial charge in [-0.2, -0.15) is 0 Å². The number of hydrogen-bond donors (Lipinski definition) is 1. The van der Waals surface area contributed by atoms with Crippen molar-refractivity contribution in [3.63, 3.8) is 0 Å². The van der Waals surface area contributed by atoms with E-state index in [-0.39, 0.29) is 5.75 Å². The molecule has 3 heteroatoms. The molecule has 138 valence electrons. The minimum Gasteiger partial charge on any atom is -0.503 e. The van der Waals surface area contributed by atoms with E-state index in [0.717, 1.165) is 22.4 Å². The van der Waals surface area contributed by atoms with E-state index in [9.17, 15) is 5.11 Å². The maximum atomic E-state index is 10.6. The SMILES string of the molecule is Cc1cc(C)c(COc2cc3c(c(Cl)c2O)=CC2=CC=CCC2C=3)c(C)c1. The predicted molar refractivity (Wildman–Crippen MR) is 112 cm³/mol. The van der Waals surface area contributed by atoms with E-state index in [0.29, 0.717) is 23.3 Å². The van der Waals surface area contributed by atoms with Gasteiger partial charge in [-0.1, -0.05) is 53.6 Å². The molecule has 0 heterocycles. The van der Waals surface area contributed by atoms with Crippen molar-refractivity contribution in [2.45, 2.75) is 33.8 Å². The van der Waals surface area contributed by atoms with Crippen LogP contribution < -0.4 is 15.2 Å². The average Bonchev–Trinajstić information content (AvgIpc) is 2.63. The van der Waals surface area contributed by atoms with Crippen LogP contribution in [0.5, 0.6) is 11.5 Å². The van der Waals surface area contributed by atoms with Crippen molar-refractivity contribution in [2.24, 2.45) is 5.92 Å². The molecular formula is C24H23ClO2. The lowest BCUT2D eigenvalue weighted by Gasteiger charge is -2.20. The van der Waals surface area contributed by atoms with E-state index in [1.807, 2.05) is 6.07 Å². The van der Waals surface area contributed by atoms with E-state index in [1.165, 1.54) is 22.3 Å². The first-order valence-corrected chi connectivity index (χ1v) is 9.63. The topological polar surface area (TPSA) is 29.5 Å². The summed E-state index contributed by atoms with van der Waals surface area (Å²) in [6.45, 7) is 6.67. The second-order valence-electron chi connectivity index (χ2n) is 7.45. The molecule has 0 aliphatic heterocycles. The molecule has 4 rings (SSSR count). The first-order valence-electron chi connectivity index (χ1n) is 9.25. The Kier molecular flexibility index (Phi) is 4.61.